The number of rotatable bonds is 8. The molecule has 0 aliphatic carbocycles. The van der Waals surface area contributed by atoms with Crippen LogP contribution in [0.15, 0.2) is 18.3 Å². The summed E-state index contributed by atoms with van der Waals surface area (Å²) in [6, 6.07) is 4.18. The van der Waals surface area contributed by atoms with Crippen molar-refractivity contribution in [3.63, 3.8) is 0 Å². The first kappa shape index (κ1) is 17.6. The monoisotopic (exact) mass is 293 g/mol. The van der Waals surface area contributed by atoms with Gasteiger partial charge in [0.25, 0.3) is 0 Å². The molecule has 0 bridgehead atoms. The number of nitrogens with zero attached hydrogens (tertiary/aromatic N) is 3. The highest BCUT2D eigenvalue weighted by molar-refractivity contribution is 5.78. The van der Waals surface area contributed by atoms with Crippen molar-refractivity contribution in [2.24, 2.45) is 0 Å². The first-order chi connectivity index (χ1) is 9.93. The molecule has 21 heavy (non-hydrogen) atoms. The first-order valence-corrected chi connectivity index (χ1v) is 7.28. The summed E-state index contributed by atoms with van der Waals surface area (Å²) in [5, 5.41) is 0. The highest BCUT2D eigenvalue weighted by Crippen LogP contribution is 2.07. The molecule has 5 heteroatoms. The number of aromatic nitrogens is 1. The predicted molar refractivity (Wildman–Crippen MR) is 84.3 cm³/mol. The van der Waals surface area contributed by atoms with Crippen molar-refractivity contribution < 1.29 is 9.53 Å². The van der Waals surface area contributed by atoms with Crippen LogP contribution in [0.5, 0.6) is 0 Å². The number of carbonyl (C=O) groups excluding carboxylic acids is 1. The van der Waals surface area contributed by atoms with Crippen LogP contribution in [0.2, 0.25) is 0 Å². The third kappa shape index (κ3) is 6.23. The van der Waals surface area contributed by atoms with E-state index in [2.05, 4.69) is 24.9 Å². The van der Waals surface area contributed by atoms with Crippen molar-refractivity contribution in [1.29, 1.82) is 0 Å². The summed E-state index contributed by atoms with van der Waals surface area (Å²) >= 11 is 0. The Morgan fingerprint density at radius 1 is 1.43 bits per heavy atom. The maximum absolute atomic E-state index is 12.2. The Morgan fingerprint density at radius 3 is 2.76 bits per heavy atom. The molecule has 1 heterocycles. The number of methoxy groups -OCH3 is 1. The number of ether oxygens (including phenoxy) is 1. The van der Waals surface area contributed by atoms with Gasteiger partial charge in [0.2, 0.25) is 5.91 Å². The molecule has 0 aliphatic heterocycles. The molecule has 0 saturated carbocycles. The van der Waals surface area contributed by atoms with Gasteiger partial charge in [-0.05, 0) is 38.6 Å². The van der Waals surface area contributed by atoms with Crippen LogP contribution in [0, 0.1) is 6.92 Å². The molecule has 0 aromatic carbocycles. The topological polar surface area (TPSA) is 45.7 Å². The van der Waals surface area contributed by atoms with E-state index in [1.807, 2.05) is 31.3 Å². The van der Waals surface area contributed by atoms with Crippen LogP contribution in [-0.2, 0) is 16.0 Å². The third-order valence-electron chi connectivity index (χ3n) is 3.61. The maximum atomic E-state index is 12.2. The van der Waals surface area contributed by atoms with Crippen molar-refractivity contribution in [3.05, 3.63) is 29.6 Å². The highest BCUT2D eigenvalue weighted by atomic mass is 16.5. The molecule has 1 rings (SSSR count). The Hall–Kier alpha value is -1.46. The summed E-state index contributed by atoms with van der Waals surface area (Å²) in [5.74, 6) is 0.119. The molecule has 0 aliphatic rings. The van der Waals surface area contributed by atoms with Gasteiger partial charge in [0.05, 0.1) is 13.2 Å². The summed E-state index contributed by atoms with van der Waals surface area (Å²) in [5.41, 5.74) is 2.22. The zero-order valence-electron chi connectivity index (χ0n) is 13.8. The van der Waals surface area contributed by atoms with Gasteiger partial charge < -0.3 is 9.64 Å². The van der Waals surface area contributed by atoms with E-state index in [1.54, 1.807) is 12.0 Å². The van der Waals surface area contributed by atoms with Gasteiger partial charge in [0, 0.05) is 45.1 Å². The van der Waals surface area contributed by atoms with Crippen LogP contribution in [0.25, 0.3) is 0 Å². The fourth-order valence-corrected chi connectivity index (χ4v) is 2.06. The first-order valence-electron chi connectivity index (χ1n) is 7.28. The summed E-state index contributed by atoms with van der Waals surface area (Å²) in [6.45, 7) is 5.90. The van der Waals surface area contributed by atoms with Gasteiger partial charge in [-0.1, -0.05) is 0 Å². The minimum Gasteiger partial charge on any atom is -0.383 e. The Balaban J connectivity index is 2.49. The lowest BCUT2D eigenvalue weighted by molar-refractivity contribution is -0.132. The SMILES string of the molecule is COCCN(C)CC(=O)N(C)[C@H](C)Cc1cc(C)ccn1. The van der Waals surface area contributed by atoms with E-state index in [9.17, 15) is 4.79 Å². The molecular weight excluding hydrogens is 266 g/mol. The Bertz CT molecular complexity index is 451. The van der Waals surface area contributed by atoms with Crippen LogP contribution in [0.3, 0.4) is 0 Å². The van der Waals surface area contributed by atoms with E-state index in [0.717, 1.165) is 18.7 Å². The zero-order chi connectivity index (χ0) is 15.8. The van der Waals surface area contributed by atoms with E-state index < -0.39 is 0 Å². The van der Waals surface area contributed by atoms with Crippen LogP contribution in [-0.4, -0.2) is 67.6 Å². The standard InChI is InChI=1S/C16H27N3O2/c1-13-6-7-17-15(10-13)11-14(2)19(4)16(20)12-18(3)8-9-21-5/h6-7,10,14H,8-9,11-12H2,1-5H3/t14-/m1/s1. The Morgan fingerprint density at radius 2 is 2.14 bits per heavy atom. The zero-order valence-corrected chi connectivity index (χ0v) is 13.8. The summed E-state index contributed by atoms with van der Waals surface area (Å²) < 4.78 is 5.02. The average molecular weight is 293 g/mol. The molecule has 5 nitrogen and oxygen atoms in total. The van der Waals surface area contributed by atoms with Gasteiger partial charge in [-0.2, -0.15) is 0 Å². The van der Waals surface area contributed by atoms with Crippen LogP contribution in [0.4, 0.5) is 0 Å². The van der Waals surface area contributed by atoms with Crippen LogP contribution in [0.1, 0.15) is 18.2 Å². The molecule has 1 amide bonds. The molecule has 0 fully saturated rings. The molecule has 0 N–H and O–H groups in total. The van der Waals surface area contributed by atoms with Crippen molar-refractivity contribution in [1.82, 2.24) is 14.8 Å². The lowest BCUT2D eigenvalue weighted by atomic mass is 10.1. The van der Waals surface area contributed by atoms with Gasteiger partial charge in [-0.15, -0.1) is 0 Å². The van der Waals surface area contributed by atoms with E-state index >= 15 is 0 Å². The molecular formula is C16H27N3O2. The number of carbonyl (C=O) groups is 1. The molecule has 118 valence electrons. The Kier molecular flexibility index (Phi) is 7.32. The van der Waals surface area contributed by atoms with Gasteiger partial charge in [0.15, 0.2) is 0 Å². The maximum Gasteiger partial charge on any atom is 0.236 e. The number of likely N-dealkylation sites (N-methyl/N-ethyl adjacent to an activating group) is 2. The third-order valence-corrected chi connectivity index (χ3v) is 3.61. The minimum absolute atomic E-state index is 0.119. The molecule has 1 aromatic heterocycles. The number of aryl methyl sites for hydroxylation is 1. The van der Waals surface area contributed by atoms with Gasteiger partial charge in [-0.3, -0.25) is 14.7 Å². The van der Waals surface area contributed by atoms with Gasteiger partial charge in [0.1, 0.15) is 0 Å². The van der Waals surface area contributed by atoms with E-state index in [-0.39, 0.29) is 11.9 Å². The summed E-state index contributed by atoms with van der Waals surface area (Å²) in [4.78, 5) is 20.4. The van der Waals surface area contributed by atoms with E-state index in [0.29, 0.717) is 13.2 Å². The normalized spacial score (nSPS) is 12.5. The number of pyridine rings is 1. The van der Waals surface area contributed by atoms with E-state index in [1.165, 1.54) is 5.56 Å². The fraction of sp³-hybridized carbons (Fsp3) is 0.625. The Labute approximate surface area is 127 Å². The summed E-state index contributed by atoms with van der Waals surface area (Å²) in [6.07, 6.45) is 2.59. The number of hydrogen-bond donors (Lipinski definition) is 0. The lowest BCUT2D eigenvalue weighted by Gasteiger charge is -2.27. The smallest absolute Gasteiger partial charge is 0.236 e. The second-order valence-electron chi connectivity index (χ2n) is 5.61. The van der Waals surface area contributed by atoms with Crippen molar-refractivity contribution in [2.45, 2.75) is 26.3 Å². The van der Waals surface area contributed by atoms with Crippen LogP contribution < -0.4 is 0 Å². The average Bonchev–Trinajstić information content (AvgIpc) is 2.44. The summed E-state index contributed by atoms with van der Waals surface area (Å²) in [7, 11) is 5.45. The molecule has 1 atom stereocenters. The second kappa shape index (κ2) is 8.74. The quantitative estimate of drug-likeness (QED) is 0.726. The highest BCUT2D eigenvalue weighted by Gasteiger charge is 2.18. The van der Waals surface area contributed by atoms with Crippen LogP contribution >= 0.6 is 0 Å². The lowest BCUT2D eigenvalue weighted by Crippen LogP contribution is -2.42. The molecule has 0 spiro atoms. The fourth-order valence-electron chi connectivity index (χ4n) is 2.06. The molecule has 0 saturated heterocycles. The number of amides is 1. The minimum atomic E-state index is 0.119. The van der Waals surface area contributed by atoms with E-state index in [4.69, 9.17) is 4.74 Å². The molecule has 0 unspecified atom stereocenters. The number of hydrogen-bond acceptors (Lipinski definition) is 4. The second-order valence-corrected chi connectivity index (χ2v) is 5.61. The van der Waals surface area contributed by atoms with Crippen molar-refractivity contribution in [3.8, 4) is 0 Å². The largest absolute Gasteiger partial charge is 0.383 e. The van der Waals surface area contributed by atoms with Gasteiger partial charge >= 0.3 is 0 Å². The van der Waals surface area contributed by atoms with Crippen molar-refractivity contribution >= 4 is 5.91 Å². The predicted octanol–water partition coefficient (Wildman–Crippen LogP) is 1.36. The van der Waals surface area contributed by atoms with Gasteiger partial charge in [-0.25, -0.2) is 0 Å². The molecule has 1 aromatic rings. The molecule has 0 radical (unpaired) electrons. The van der Waals surface area contributed by atoms with Crippen molar-refractivity contribution in [2.75, 3.05) is 40.9 Å².